The zero-order valence-corrected chi connectivity index (χ0v) is 36.0. The van der Waals surface area contributed by atoms with Crippen LogP contribution in [0.3, 0.4) is 0 Å². The number of benzene rings is 8. The molecule has 10 rings (SSSR count). The standard InChI is InChI=1S/C59H44N6/c1-3-18-41(32-31-40(2)55-62-58(46-23-12-6-13-24-46)65-59(63-55)47-25-14-7-15-26-47)48-27-16-29-50-51-30-17-28-49(53(51)38-37-52(48)50)42-33-35-43(36-34-42)54-39-60-56(44-19-8-4-9-20-44)64-57(61-54)45-21-10-5-11-22-45/h3-17,19-38H,1,18,39H2,2H3/b40-31+,41-32+. The smallest absolute Gasteiger partial charge is 0.164 e. The van der Waals surface area contributed by atoms with Gasteiger partial charge in [0.15, 0.2) is 29.1 Å². The first-order valence-corrected chi connectivity index (χ1v) is 21.8. The van der Waals surface area contributed by atoms with Crippen molar-refractivity contribution < 1.29 is 0 Å². The molecule has 0 amide bonds. The molecule has 1 aromatic heterocycles. The highest BCUT2D eigenvalue weighted by Gasteiger charge is 2.17. The molecule has 0 N–H and O–H groups in total. The van der Waals surface area contributed by atoms with Crippen LogP contribution >= 0.6 is 0 Å². The fourth-order valence-corrected chi connectivity index (χ4v) is 8.30. The molecule has 0 saturated heterocycles. The van der Waals surface area contributed by atoms with Crippen molar-refractivity contribution in [1.82, 2.24) is 15.0 Å². The summed E-state index contributed by atoms with van der Waals surface area (Å²) < 4.78 is 0. The highest BCUT2D eigenvalue weighted by atomic mass is 15.0. The fourth-order valence-electron chi connectivity index (χ4n) is 8.30. The van der Waals surface area contributed by atoms with Gasteiger partial charge in [0.2, 0.25) is 0 Å². The van der Waals surface area contributed by atoms with Crippen LogP contribution in [-0.4, -0.2) is 38.9 Å². The van der Waals surface area contributed by atoms with Gasteiger partial charge in [-0.1, -0.05) is 212 Å². The summed E-state index contributed by atoms with van der Waals surface area (Å²) in [6.45, 7) is 6.62. The molecule has 0 fully saturated rings. The fraction of sp³-hybridized carbons (Fsp3) is 0.0508. The van der Waals surface area contributed by atoms with Crippen molar-refractivity contribution >= 4 is 50.1 Å². The van der Waals surface area contributed by atoms with Crippen LogP contribution in [0.25, 0.3) is 66.6 Å². The molecule has 8 aromatic carbocycles. The van der Waals surface area contributed by atoms with Gasteiger partial charge in [-0.3, -0.25) is 4.99 Å². The Hall–Kier alpha value is -8.48. The summed E-state index contributed by atoms with van der Waals surface area (Å²) >= 11 is 0. The Bertz CT molecular complexity index is 3290. The second-order valence-electron chi connectivity index (χ2n) is 15.9. The van der Waals surface area contributed by atoms with E-state index >= 15 is 0 Å². The molecule has 2 heterocycles. The number of nitrogens with zero attached hydrogens (tertiary/aromatic N) is 6. The molecule has 65 heavy (non-hydrogen) atoms. The Morgan fingerprint density at radius 1 is 0.462 bits per heavy atom. The van der Waals surface area contributed by atoms with Gasteiger partial charge in [0.1, 0.15) is 0 Å². The van der Waals surface area contributed by atoms with Crippen LogP contribution in [0.15, 0.2) is 234 Å². The molecule has 0 spiro atoms. The van der Waals surface area contributed by atoms with Crippen molar-refractivity contribution in [1.29, 1.82) is 0 Å². The van der Waals surface area contributed by atoms with Gasteiger partial charge < -0.3 is 0 Å². The number of allylic oxidation sites excluding steroid dienone is 5. The number of hydrogen-bond donors (Lipinski definition) is 0. The third-order valence-electron chi connectivity index (χ3n) is 11.6. The molecule has 0 saturated carbocycles. The first kappa shape index (κ1) is 40.6. The lowest BCUT2D eigenvalue weighted by molar-refractivity contribution is 1.03. The van der Waals surface area contributed by atoms with Crippen molar-refractivity contribution in [2.45, 2.75) is 13.3 Å². The predicted octanol–water partition coefficient (Wildman–Crippen LogP) is 13.9. The Morgan fingerprint density at radius 3 is 1.62 bits per heavy atom. The summed E-state index contributed by atoms with van der Waals surface area (Å²) in [5, 5.41) is 4.76. The van der Waals surface area contributed by atoms with Gasteiger partial charge in [0.05, 0.1) is 12.3 Å². The van der Waals surface area contributed by atoms with E-state index in [2.05, 4.69) is 98.5 Å². The number of hydrogen-bond acceptors (Lipinski definition) is 6. The Labute approximate surface area is 379 Å². The lowest BCUT2D eigenvalue weighted by atomic mass is 9.90. The molecule has 0 bridgehead atoms. The minimum absolute atomic E-state index is 0.422. The summed E-state index contributed by atoms with van der Waals surface area (Å²) in [5.74, 6) is 3.25. The lowest BCUT2D eigenvalue weighted by Crippen LogP contribution is -2.08. The highest BCUT2D eigenvalue weighted by molar-refractivity contribution is 6.20. The third kappa shape index (κ3) is 8.66. The number of aliphatic imine (C=N–C) groups is 3. The molecular weight excluding hydrogens is 793 g/mol. The van der Waals surface area contributed by atoms with Crippen LogP contribution in [0, 0.1) is 0 Å². The molecule has 1 aliphatic heterocycles. The molecule has 0 aliphatic carbocycles. The van der Waals surface area contributed by atoms with Crippen molar-refractivity contribution in [2.24, 2.45) is 15.0 Å². The van der Waals surface area contributed by atoms with Crippen LogP contribution < -0.4 is 0 Å². The molecule has 9 aromatic rings. The summed E-state index contributed by atoms with van der Waals surface area (Å²) in [6.07, 6.45) is 6.95. The number of rotatable bonds is 11. The second-order valence-corrected chi connectivity index (χ2v) is 15.9. The van der Waals surface area contributed by atoms with Gasteiger partial charge in [-0.2, -0.15) is 0 Å². The number of aromatic nitrogens is 3. The van der Waals surface area contributed by atoms with Crippen molar-refractivity contribution in [3.8, 4) is 33.9 Å². The van der Waals surface area contributed by atoms with E-state index in [0.29, 0.717) is 42.1 Å². The Kier molecular flexibility index (Phi) is 11.5. The number of fused-ring (bicyclic) bond motifs is 3. The van der Waals surface area contributed by atoms with E-state index in [-0.39, 0.29) is 0 Å². The SMILES string of the molecule is C=CC/C(=C\C=C(/C)c1nc(-c2ccccc2)nc(-c2ccccc2)n1)c1cccc2c1ccc1c(-c3ccc(C4=NC(c5ccccc5)=NC(c5ccccc5)=NC4)cc3)cccc12. The van der Waals surface area contributed by atoms with Gasteiger partial charge >= 0.3 is 0 Å². The van der Waals surface area contributed by atoms with Gasteiger partial charge in [-0.15, -0.1) is 6.58 Å². The topological polar surface area (TPSA) is 75.8 Å². The summed E-state index contributed by atoms with van der Waals surface area (Å²) in [7, 11) is 0. The van der Waals surface area contributed by atoms with Crippen LogP contribution in [0.4, 0.5) is 0 Å². The average Bonchev–Trinajstić information content (AvgIpc) is 3.62. The molecule has 0 radical (unpaired) electrons. The molecule has 0 unspecified atom stereocenters. The number of amidine groups is 2. The maximum Gasteiger partial charge on any atom is 0.164 e. The van der Waals surface area contributed by atoms with E-state index in [1.165, 1.54) is 27.1 Å². The first-order valence-electron chi connectivity index (χ1n) is 21.8. The summed E-state index contributed by atoms with van der Waals surface area (Å²) in [4.78, 5) is 29.8. The first-order chi connectivity index (χ1) is 32.1. The monoisotopic (exact) mass is 836 g/mol. The molecule has 310 valence electrons. The van der Waals surface area contributed by atoms with E-state index < -0.39 is 0 Å². The predicted molar refractivity (Wildman–Crippen MR) is 271 cm³/mol. The molecular formula is C59H44N6. The maximum absolute atomic E-state index is 5.11. The highest BCUT2D eigenvalue weighted by Crippen LogP contribution is 2.37. The molecule has 6 heteroatoms. The van der Waals surface area contributed by atoms with Crippen LogP contribution in [-0.2, 0) is 0 Å². The zero-order valence-electron chi connectivity index (χ0n) is 36.0. The van der Waals surface area contributed by atoms with E-state index in [4.69, 9.17) is 29.9 Å². The van der Waals surface area contributed by atoms with Crippen molar-refractivity contribution in [2.75, 3.05) is 6.54 Å². The van der Waals surface area contributed by atoms with Crippen LogP contribution in [0.2, 0.25) is 0 Å². The largest absolute Gasteiger partial charge is 0.260 e. The average molecular weight is 837 g/mol. The van der Waals surface area contributed by atoms with E-state index in [1.807, 2.05) is 127 Å². The Balaban J connectivity index is 0.980. The molecule has 0 atom stereocenters. The lowest BCUT2D eigenvalue weighted by Gasteiger charge is -2.14. The normalized spacial score (nSPS) is 13.2. The quantitative estimate of drug-likeness (QED) is 0.0740. The van der Waals surface area contributed by atoms with E-state index in [1.54, 1.807) is 0 Å². The van der Waals surface area contributed by atoms with Crippen molar-refractivity contribution in [3.63, 3.8) is 0 Å². The summed E-state index contributed by atoms with van der Waals surface area (Å²) in [6, 6.07) is 66.7. The minimum atomic E-state index is 0.422. The van der Waals surface area contributed by atoms with Gasteiger partial charge in [-0.05, 0) is 68.3 Å². The van der Waals surface area contributed by atoms with Crippen LogP contribution in [0.5, 0.6) is 0 Å². The second kappa shape index (κ2) is 18.5. The van der Waals surface area contributed by atoms with Crippen LogP contribution in [0.1, 0.15) is 41.4 Å². The Morgan fingerprint density at radius 2 is 1.00 bits per heavy atom. The van der Waals surface area contributed by atoms with Crippen molar-refractivity contribution in [3.05, 3.63) is 247 Å². The van der Waals surface area contributed by atoms with Gasteiger partial charge in [0, 0.05) is 22.3 Å². The minimum Gasteiger partial charge on any atom is -0.260 e. The zero-order chi connectivity index (χ0) is 44.0. The summed E-state index contributed by atoms with van der Waals surface area (Å²) in [5.41, 5.74) is 11.2. The maximum atomic E-state index is 5.11. The third-order valence-corrected chi connectivity index (χ3v) is 11.6. The molecule has 6 nitrogen and oxygen atoms in total. The molecule has 1 aliphatic rings. The van der Waals surface area contributed by atoms with E-state index in [0.717, 1.165) is 55.8 Å². The van der Waals surface area contributed by atoms with E-state index in [9.17, 15) is 0 Å². The van der Waals surface area contributed by atoms with Gasteiger partial charge in [-0.25, -0.2) is 24.9 Å². The van der Waals surface area contributed by atoms with Gasteiger partial charge in [0.25, 0.3) is 0 Å².